The molecule has 1 unspecified atom stereocenters. The topological polar surface area (TPSA) is 35.5 Å². The van der Waals surface area contributed by atoms with Gasteiger partial charge in [0.05, 0.1) is 0 Å². The van der Waals surface area contributed by atoms with Crippen molar-refractivity contribution in [3.63, 3.8) is 0 Å². The molecule has 1 fully saturated rings. The second-order valence-electron chi connectivity index (χ2n) is 12.6. The summed E-state index contributed by atoms with van der Waals surface area (Å²) in [6, 6.07) is 10.2. The van der Waals surface area contributed by atoms with E-state index in [1.54, 1.807) is 0 Å². The van der Waals surface area contributed by atoms with Crippen LogP contribution in [0.15, 0.2) is 35.9 Å². The molecule has 0 amide bonds. The number of Topliss-reactive ketones (excluding diaryl/α,β-unsaturated/α-hetero) is 1. The van der Waals surface area contributed by atoms with E-state index >= 15 is 0 Å². The van der Waals surface area contributed by atoms with E-state index in [2.05, 4.69) is 79.9 Å². The zero-order chi connectivity index (χ0) is 23.5. The van der Waals surface area contributed by atoms with Gasteiger partial charge in [-0.25, -0.2) is 0 Å². The van der Waals surface area contributed by atoms with Crippen molar-refractivity contribution < 1.29 is 13.6 Å². The third-order valence-electron chi connectivity index (χ3n) is 8.10. The molecular weight excluding hydrogens is 416 g/mol. The Morgan fingerprint density at radius 2 is 1.35 bits per heavy atom. The molecular formula is C26H42O3Si2. The van der Waals surface area contributed by atoms with Crippen LogP contribution in [0.2, 0.25) is 36.3 Å². The molecule has 0 aromatic heterocycles. The molecule has 1 saturated carbocycles. The molecule has 2 aliphatic rings. The largest absolute Gasteiger partial charge is 0.390 e. The van der Waals surface area contributed by atoms with E-state index in [0.717, 1.165) is 17.6 Å². The van der Waals surface area contributed by atoms with Gasteiger partial charge in [0.2, 0.25) is 0 Å². The van der Waals surface area contributed by atoms with Crippen LogP contribution in [-0.2, 0) is 13.6 Å². The Morgan fingerprint density at radius 1 is 0.871 bits per heavy atom. The van der Waals surface area contributed by atoms with E-state index in [1.165, 1.54) is 5.57 Å². The molecule has 1 aromatic rings. The molecule has 31 heavy (non-hydrogen) atoms. The van der Waals surface area contributed by atoms with Gasteiger partial charge in [0.25, 0.3) is 0 Å². The van der Waals surface area contributed by atoms with Crippen molar-refractivity contribution in [2.24, 2.45) is 5.92 Å². The van der Waals surface area contributed by atoms with Gasteiger partial charge in [-0.3, -0.25) is 4.79 Å². The summed E-state index contributed by atoms with van der Waals surface area (Å²) in [6.45, 7) is 23.0. The lowest BCUT2D eigenvalue weighted by Gasteiger charge is -2.49. The molecule has 0 radical (unpaired) electrons. The van der Waals surface area contributed by atoms with Gasteiger partial charge in [0, 0.05) is 24.8 Å². The highest BCUT2D eigenvalue weighted by atomic mass is 28.4. The predicted octanol–water partition coefficient (Wildman–Crippen LogP) is 7.56. The first-order chi connectivity index (χ1) is 14.0. The van der Waals surface area contributed by atoms with Crippen molar-refractivity contribution in [1.82, 2.24) is 0 Å². The third-order valence-corrected chi connectivity index (χ3v) is 17.1. The minimum Gasteiger partial charge on any atom is -0.390 e. The Labute approximate surface area is 191 Å². The lowest BCUT2D eigenvalue weighted by atomic mass is 10.00. The number of allylic oxidation sites excluding steroid dienone is 1. The normalized spacial score (nSPS) is 22.3. The van der Waals surface area contributed by atoms with Crippen molar-refractivity contribution >= 4 is 28.0 Å². The van der Waals surface area contributed by atoms with Crippen LogP contribution in [0.4, 0.5) is 0 Å². The zero-order valence-electron chi connectivity index (χ0n) is 21.3. The molecule has 0 N–H and O–H groups in total. The number of carbonyl (C=O) groups is 1. The zero-order valence-corrected chi connectivity index (χ0v) is 23.3. The Morgan fingerprint density at radius 3 is 1.81 bits per heavy atom. The first kappa shape index (κ1) is 24.6. The number of hydrogen-bond acceptors (Lipinski definition) is 3. The lowest BCUT2D eigenvalue weighted by molar-refractivity contribution is -0.130. The van der Waals surface area contributed by atoms with Gasteiger partial charge in [-0.2, -0.15) is 0 Å². The monoisotopic (exact) mass is 458 g/mol. The third kappa shape index (κ3) is 4.70. The fourth-order valence-corrected chi connectivity index (χ4v) is 7.31. The minimum absolute atomic E-state index is 0.0982. The van der Waals surface area contributed by atoms with E-state index in [1.807, 2.05) is 18.2 Å². The van der Waals surface area contributed by atoms with E-state index in [9.17, 15) is 4.79 Å². The number of benzene rings is 1. The molecule has 1 atom stereocenters. The van der Waals surface area contributed by atoms with Crippen LogP contribution in [0.1, 0.15) is 66.4 Å². The Bertz CT molecular complexity index is 842. The smallest absolute Gasteiger partial charge is 0.195 e. The maximum atomic E-state index is 13.0. The van der Waals surface area contributed by atoms with Crippen molar-refractivity contribution in [3.8, 4) is 0 Å². The molecule has 0 bridgehead atoms. The van der Waals surface area contributed by atoms with Gasteiger partial charge in [0.1, 0.15) is 0 Å². The standard InChI is InChI=1S/C26H42O3Si2/c1-24(2,3)30(7,8)28-26(29-31(9,10)25(4,5)6)17-20-16-22(27)23(21(20)18-26)19-14-12-11-13-15-19/h11-15,20H,16-18H2,1-10H3. The molecule has 172 valence electrons. The van der Waals surface area contributed by atoms with Crippen molar-refractivity contribution in [2.45, 2.75) is 103 Å². The molecule has 3 rings (SSSR count). The molecule has 0 spiro atoms. The van der Waals surface area contributed by atoms with Gasteiger partial charge >= 0.3 is 0 Å². The van der Waals surface area contributed by atoms with Crippen LogP contribution in [0.3, 0.4) is 0 Å². The van der Waals surface area contributed by atoms with Gasteiger partial charge in [-0.1, -0.05) is 71.9 Å². The summed E-state index contributed by atoms with van der Waals surface area (Å²) in [5.41, 5.74) is 3.22. The molecule has 5 heteroatoms. The molecule has 0 saturated heterocycles. The number of ketones is 1. The van der Waals surface area contributed by atoms with Crippen molar-refractivity contribution in [2.75, 3.05) is 0 Å². The summed E-state index contributed by atoms with van der Waals surface area (Å²) in [5, 5.41) is 0.196. The van der Waals surface area contributed by atoms with Crippen molar-refractivity contribution in [1.29, 1.82) is 0 Å². The quantitative estimate of drug-likeness (QED) is 0.337. The van der Waals surface area contributed by atoms with Crippen LogP contribution < -0.4 is 0 Å². The van der Waals surface area contributed by atoms with Gasteiger partial charge in [-0.05, 0) is 53.3 Å². The molecule has 1 aromatic carbocycles. The average molecular weight is 459 g/mol. The van der Waals surface area contributed by atoms with Crippen LogP contribution in [-0.4, -0.2) is 28.2 Å². The first-order valence-electron chi connectivity index (χ1n) is 11.7. The van der Waals surface area contributed by atoms with Crippen molar-refractivity contribution in [3.05, 3.63) is 41.5 Å². The molecule has 0 aliphatic heterocycles. The van der Waals surface area contributed by atoms with E-state index in [-0.39, 0.29) is 21.8 Å². The summed E-state index contributed by atoms with van der Waals surface area (Å²) in [6.07, 6.45) is 2.10. The van der Waals surface area contributed by atoms with E-state index in [0.29, 0.717) is 12.8 Å². The Balaban J connectivity index is 2.07. The minimum atomic E-state index is -2.08. The Hall–Kier alpha value is -1.02. The summed E-state index contributed by atoms with van der Waals surface area (Å²) in [7, 11) is -4.16. The second kappa shape index (κ2) is 7.79. The first-order valence-corrected chi connectivity index (χ1v) is 17.5. The Kier molecular flexibility index (Phi) is 6.19. The number of fused-ring (bicyclic) bond motifs is 1. The maximum absolute atomic E-state index is 13.0. The summed E-state index contributed by atoms with van der Waals surface area (Å²) >= 11 is 0. The summed E-state index contributed by atoms with van der Waals surface area (Å²) in [5.74, 6) is -0.107. The number of rotatable bonds is 5. The summed E-state index contributed by atoms with van der Waals surface area (Å²) in [4.78, 5) is 13.0. The SMILES string of the molecule is CC(C)(C)[Si](C)(C)OC1(O[Si](C)(C)C(C)(C)C)CC2=C(c3ccccc3)C(=O)CC2C1. The molecule has 0 heterocycles. The van der Waals surface area contributed by atoms with Crippen LogP contribution in [0.5, 0.6) is 0 Å². The highest BCUT2D eigenvalue weighted by molar-refractivity contribution is 6.75. The fourth-order valence-electron chi connectivity index (χ4n) is 4.36. The van der Waals surface area contributed by atoms with Crippen LogP contribution in [0.25, 0.3) is 5.57 Å². The molecule has 3 nitrogen and oxygen atoms in total. The number of hydrogen-bond donors (Lipinski definition) is 0. The van der Waals surface area contributed by atoms with Gasteiger partial charge in [0.15, 0.2) is 28.2 Å². The fraction of sp³-hybridized carbons (Fsp3) is 0.654. The van der Waals surface area contributed by atoms with Crippen LogP contribution >= 0.6 is 0 Å². The molecule has 2 aliphatic carbocycles. The number of carbonyl (C=O) groups excluding carboxylic acids is 1. The highest BCUT2D eigenvalue weighted by Crippen LogP contribution is 2.56. The second-order valence-corrected chi connectivity index (χ2v) is 22.1. The summed E-state index contributed by atoms with van der Waals surface area (Å²) < 4.78 is 14.3. The average Bonchev–Trinajstić information content (AvgIpc) is 3.04. The lowest BCUT2D eigenvalue weighted by Crippen LogP contribution is -2.56. The predicted molar refractivity (Wildman–Crippen MR) is 135 cm³/mol. The maximum Gasteiger partial charge on any atom is 0.195 e. The van der Waals surface area contributed by atoms with Gasteiger partial charge < -0.3 is 8.85 Å². The van der Waals surface area contributed by atoms with Gasteiger partial charge in [-0.15, -0.1) is 0 Å². The van der Waals surface area contributed by atoms with E-state index < -0.39 is 22.4 Å². The van der Waals surface area contributed by atoms with E-state index in [4.69, 9.17) is 8.85 Å². The van der Waals surface area contributed by atoms with Crippen LogP contribution in [0, 0.1) is 5.92 Å². The highest BCUT2D eigenvalue weighted by Gasteiger charge is 2.56.